The van der Waals surface area contributed by atoms with E-state index < -0.39 is 28.3 Å². The van der Waals surface area contributed by atoms with Gasteiger partial charge in [-0.3, -0.25) is 14.9 Å². The quantitative estimate of drug-likeness (QED) is 0.414. The number of anilines is 2. The van der Waals surface area contributed by atoms with Crippen molar-refractivity contribution in [2.24, 2.45) is 5.92 Å². The third-order valence-corrected chi connectivity index (χ3v) is 5.26. The first-order chi connectivity index (χ1) is 15.1. The van der Waals surface area contributed by atoms with Gasteiger partial charge in [0, 0.05) is 30.8 Å². The first kappa shape index (κ1) is 23.0. The third kappa shape index (κ3) is 5.16. The topological polar surface area (TPSA) is 102 Å². The minimum Gasteiger partial charge on any atom is -0.465 e. The van der Waals surface area contributed by atoms with Crippen LogP contribution in [0.25, 0.3) is 0 Å². The maximum atomic E-state index is 12.9. The first-order valence-corrected chi connectivity index (χ1v) is 9.70. The second-order valence-corrected chi connectivity index (χ2v) is 7.28. The highest BCUT2D eigenvalue weighted by Crippen LogP contribution is 2.37. The predicted molar refractivity (Wildman–Crippen MR) is 109 cm³/mol. The van der Waals surface area contributed by atoms with E-state index in [1.54, 1.807) is 23.1 Å². The number of rotatable bonds is 5. The number of nitro groups is 1. The maximum absolute atomic E-state index is 12.9. The summed E-state index contributed by atoms with van der Waals surface area (Å²) in [6.07, 6.45) is -3.96. The third-order valence-electron chi connectivity index (χ3n) is 5.26. The molecule has 1 aliphatic heterocycles. The van der Waals surface area contributed by atoms with E-state index in [-0.39, 0.29) is 36.2 Å². The fraction of sp³-hybridized carbons (Fsp3) is 0.333. The van der Waals surface area contributed by atoms with Gasteiger partial charge in [-0.1, -0.05) is 6.07 Å². The summed E-state index contributed by atoms with van der Waals surface area (Å²) in [5, 5.41) is 14.1. The summed E-state index contributed by atoms with van der Waals surface area (Å²) >= 11 is 0. The summed E-state index contributed by atoms with van der Waals surface area (Å²) in [4.78, 5) is 36.3. The molecule has 8 nitrogen and oxygen atoms in total. The highest BCUT2D eigenvalue weighted by atomic mass is 19.4. The normalized spacial score (nSPS) is 14.7. The smallest absolute Gasteiger partial charge is 0.416 e. The molecule has 0 spiro atoms. The number of nitrogens with one attached hydrogen (secondary N) is 1. The van der Waals surface area contributed by atoms with Crippen LogP contribution in [0.2, 0.25) is 0 Å². The molecular weight excluding hydrogens is 431 g/mol. The molecule has 0 atom stereocenters. The number of methoxy groups -OCH3 is 1. The van der Waals surface area contributed by atoms with Crippen LogP contribution < -0.4 is 10.2 Å². The van der Waals surface area contributed by atoms with Crippen LogP contribution in [0.4, 0.5) is 30.2 Å². The molecule has 0 unspecified atom stereocenters. The minimum absolute atomic E-state index is 0.0904. The molecule has 1 fully saturated rings. The zero-order valence-electron chi connectivity index (χ0n) is 17.0. The largest absolute Gasteiger partial charge is 0.465 e. The number of hydrogen-bond acceptors (Lipinski definition) is 6. The van der Waals surface area contributed by atoms with E-state index >= 15 is 0 Å². The Balaban J connectivity index is 1.67. The average molecular weight is 451 g/mol. The molecule has 2 aromatic carbocycles. The van der Waals surface area contributed by atoms with E-state index in [4.69, 9.17) is 0 Å². The lowest BCUT2D eigenvalue weighted by atomic mass is 9.95. The SMILES string of the molecule is COC(=O)c1cccc(NC(=O)C2CCN(c3ccc(C(F)(F)F)cc3[N+](=O)[O-])CC2)c1. The monoisotopic (exact) mass is 451 g/mol. The van der Waals surface area contributed by atoms with Gasteiger partial charge in [0.05, 0.1) is 23.2 Å². The summed E-state index contributed by atoms with van der Waals surface area (Å²) in [5.41, 5.74) is -0.903. The Labute approximate surface area is 181 Å². The molecule has 1 heterocycles. The molecule has 0 aliphatic carbocycles. The summed E-state index contributed by atoms with van der Waals surface area (Å²) < 4.78 is 43.4. The van der Waals surface area contributed by atoms with Crippen molar-refractivity contribution in [3.8, 4) is 0 Å². The lowest BCUT2D eigenvalue weighted by Gasteiger charge is -2.32. The van der Waals surface area contributed by atoms with Crippen LogP contribution in [0.15, 0.2) is 42.5 Å². The van der Waals surface area contributed by atoms with Gasteiger partial charge in [-0.25, -0.2) is 4.79 Å². The molecule has 1 aliphatic rings. The number of carbonyl (C=O) groups is 2. The van der Waals surface area contributed by atoms with Crippen LogP contribution in [-0.2, 0) is 15.7 Å². The summed E-state index contributed by atoms with van der Waals surface area (Å²) in [6.45, 7) is 0.541. The van der Waals surface area contributed by atoms with Gasteiger partial charge in [0.25, 0.3) is 5.69 Å². The van der Waals surface area contributed by atoms with Gasteiger partial charge < -0.3 is 15.0 Å². The van der Waals surface area contributed by atoms with Crippen molar-refractivity contribution in [1.29, 1.82) is 0 Å². The Morgan fingerprint density at radius 2 is 1.84 bits per heavy atom. The van der Waals surface area contributed by atoms with E-state index in [2.05, 4.69) is 10.1 Å². The Morgan fingerprint density at radius 3 is 2.44 bits per heavy atom. The standard InChI is InChI=1S/C21H20F3N3O5/c1-32-20(29)14-3-2-4-16(11-14)25-19(28)13-7-9-26(10-8-13)17-6-5-15(21(22,23)24)12-18(17)27(30)31/h2-6,11-13H,7-10H2,1H3,(H,25,28). The Kier molecular flexibility index (Phi) is 6.66. The fourth-order valence-corrected chi connectivity index (χ4v) is 3.58. The second-order valence-electron chi connectivity index (χ2n) is 7.28. The molecule has 1 saturated heterocycles. The van der Waals surface area contributed by atoms with Crippen LogP contribution in [0.1, 0.15) is 28.8 Å². The summed E-state index contributed by atoms with van der Waals surface area (Å²) in [5.74, 6) is -1.19. The number of carbonyl (C=O) groups excluding carboxylic acids is 2. The van der Waals surface area contributed by atoms with Crippen LogP contribution in [0.3, 0.4) is 0 Å². The van der Waals surface area contributed by atoms with Crippen molar-refractivity contribution < 1.29 is 32.4 Å². The van der Waals surface area contributed by atoms with Crippen molar-refractivity contribution >= 4 is 28.9 Å². The highest BCUT2D eigenvalue weighted by molar-refractivity contribution is 5.95. The maximum Gasteiger partial charge on any atom is 0.416 e. The van der Waals surface area contributed by atoms with E-state index in [0.717, 1.165) is 12.1 Å². The number of nitrogens with zero attached hydrogens (tertiary/aromatic N) is 2. The zero-order chi connectivity index (χ0) is 23.5. The van der Waals surface area contributed by atoms with Gasteiger partial charge in [0.2, 0.25) is 5.91 Å². The molecule has 3 rings (SSSR count). The fourth-order valence-electron chi connectivity index (χ4n) is 3.58. The lowest BCUT2D eigenvalue weighted by molar-refractivity contribution is -0.384. The molecule has 0 bridgehead atoms. The van der Waals surface area contributed by atoms with Gasteiger partial charge in [-0.05, 0) is 43.2 Å². The number of piperidine rings is 1. The molecule has 0 radical (unpaired) electrons. The zero-order valence-corrected chi connectivity index (χ0v) is 17.0. The van der Waals surface area contributed by atoms with E-state index in [9.17, 15) is 32.9 Å². The number of halogens is 3. The molecule has 1 amide bonds. The molecular formula is C21H20F3N3O5. The average Bonchev–Trinajstić information content (AvgIpc) is 2.77. The molecule has 170 valence electrons. The Morgan fingerprint density at radius 1 is 1.16 bits per heavy atom. The minimum atomic E-state index is -4.68. The summed E-state index contributed by atoms with van der Waals surface area (Å²) in [7, 11) is 1.25. The van der Waals surface area contributed by atoms with Gasteiger partial charge in [-0.15, -0.1) is 0 Å². The number of benzene rings is 2. The van der Waals surface area contributed by atoms with Gasteiger partial charge >= 0.3 is 12.1 Å². The Hall–Kier alpha value is -3.63. The van der Waals surface area contributed by atoms with Gasteiger partial charge in [-0.2, -0.15) is 13.2 Å². The first-order valence-electron chi connectivity index (χ1n) is 9.70. The van der Waals surface area contributed by atoms with Crippen LogP contribution in [0, 0.1) is 16.0 Å². The van der Waals surface area contributed by atoms with Crippen molar-refractivity contribution in [2.45, 2.75) is 19.0 Å². The second kappa shape index (κ2) is 9.25. The van der Waals surface area contributed by atoms with Crippen molar-refractivity contribution in [1.82, 2.24) is 0 Å². The van der Waals surface area contributed by atoms with E-state index in [1.165, 1.54) is 13.2 Å². The number of alkyl halides is 3. The molecule has 2 aromatic rings. The predicted octanol–water partition coefficient (Wildman–Crippen LogP) is 4.26. The van der Waals surface area contributed by atoms with Crippen molar-refractivity contribution in [3.05, 3.63) is 63.7 Å². The Bertz CT molecular complexity index is 1030. The number of esters is 1. The molecule has 32 heavy (non-hydrogen) atoms. The number of hydrogen-bond donors (Lipinski definition) is 1. The molecule has 0 aromatic heterocycles. The van der Waals surface area contributed by atoms with Crippen molar-refractivity contribution in [3.63, 3.8) is 0 Å². The molecule has 1 N–H and O–H groups in total. The number of ether oxygens (including phenoxy) is 1. The van der Waals surface area contributed by atoms with Crippen LogP contribution in [0.5, 0.6) is 0 Å². The van der Waals surface area contributed by atoms with E-state index in [0.29, 0.717) is 24.6 Å². The lowest BCUT2D eigenvalue weighted by Crippen LogP contribution is -2.38. The van der Waals surface area contributed by atoms with E-state index in [1.807, 2.05) is 0 Å². The summed E-state index contributed by atoms with van der Waals surface area (Å²) in [6, 6.07) is 8.72. The highest BCUT2D eigenvalue weighted by Gasteiger charge is 2.35. The molecule has 11 heteroatoms. The van der Waals surface area contributed by atoms with Gasteiger partial charge in [0.15, 0.2) is 0 Å². The number of amides is 1. The molecule has 0 saturated carbocycles. The van der Waals surface area contributed by atoms with Gasteiger partial charge in [0.1, 0.15) is 5.69 Å². The van der Waals surface area contributed by atoms with Crippen LogP contribution >= 0.6 is 0 Å². The number of nitro benzene ring substituents is 1. The van der Waals surface area contributed by atoms with Crippen molar-refractivity contribution in [2.75, 3.05) is 30.4 Å². The van der Waals surface area contributed by atoms with Crippen LogP contribution in [-0.4, -0.2) is 37.0 Å².